The molecule has 2 rings (SSSR count). The molecule has 1 aromatic heterocycles. The van der Waals surface area contributed by atoms with E-state index >= 15 is 0 Å². The zero-order chi connectivity index (χ0) is 9.10. The Morgan fingerprint density at radius 2 is 2.00 bits per heavy atom. The molecule has 2 aromatic rings. The van der Waals surface area contributed by atoms with Crippen LogP contribution in [0.2, 0.25) is 0 Å². The van der Waals surface area contributed by atoms with Crippen molar-refractivity contribution in [2.45, 2.75) is 0 Å². The molecule has 62 valence electrons. The lowest BCUT2D eigenvalue weighted by Gasteiger charge is -1.96. The molecule has 0 spiro atoms. The molecule has 0 aliphatic rings. The van der Waals surface area contributed by atoms with Crippen LogP contribution in [0, 0.1) is 11.3 Å². The van der Waals surface area contributed by atoms with Crippen LogP contribution in [0.3, 0.4) is 0 Å². The zero-order valence-electron chi connectivity index (χ0n) is 6.62. The maximum atomic E-state index is 8.56. The zero-order valence-corrected chi connectivity index (χ0v) is 6.62. The lowest BCUT2D eigenvalue weighted by molar-refractivity contribution is 0.720. The van der Waals surface area contributed by atoms with Gasteiger partial charge < -0.3 is 0 Å². The fraction of sp³-hybridized carbons (Fsp3) is 0. The number of rotatable bonds is 1. The van der Waals surface area contributed by atoms with E-state index in [1.54, 1.807) is 24.3 Å². The van der Waals surface area contributed by atoms with E-state index in [0.29, 0.717) is 5.56 Å². The van der Waals surface area contributed by atoms with Gasteiger partial charge in [-0.3, -0.25) is 0 Å². The van der Waals surface area contributed by atoms with E-state index in [-0.39, 0.29) is 0 Å². The molecule has 0 bridgehead atoms. The molecule has 0 atom stereocenters. The third-order valence-electron chi connectivity index (χ3n) is 1.58. The van der Waals surface area contributed by atoms with Crippen molar-refractivity contribution in [3.05, 3.63) is 36.2 Å². The summed E-state index contributed by atoms with van der Waals surface area (Å²) >= 11 is 0. The van der Waals surface area contributed by atoms with Gasteiger partial charge in [0, 0.05) is 0 Å². The molecule has 0 radical (unpaired) electrons. The molecular formula is C8H5N5. The highest BCUT2D eigenvalue weighted by molar-refractivity contribution is 5.37. The SMILES string of the molecule is N#Cc1ccc(-n2ncnn2)cc1. The Bertz CT molecular complexity index is 423. The summed E-state index contributed by atoms with van der Waals surface area (Å²) in [7, 11) is 0. The second kappa shape index (κ2) is 3.03. The molecule has 0 saturated carbocycles. The predicted molar refractivity (Wildman–Crippen MR) is 43.9 cm³/mol. The van der Waals surface area contributed by atoms with Gasteiger partial charge in [-0.15, -0.1) is 15.0 Å². The topological polar surface area (TPSA) is 67.4 Å². The molecule has 0 fully saturated rings. The Kier molecular flexibility index (Phi) is 1.73. The summed E-state index contributed by atoms with van der Waals surface area (Å²) in [6.07, 6.45) is 1.36. The second-order valence-corrected chi connectivity index (χ2v) is 2.38. The molecule has 0 unspecified atom stereocenters. The van der Waals surface area contributed by atoms with E-state index in [2.05, 4.69) is 15.4 Å². The van der Waals surface area contributed by atoms with Crippen molar-refractivity contribution >= 4 is 0 Å². The third kappa shape index (κ3) is 1.37. The minimum absolute atomic E-state index is 0.615. The monoisotopic (exact) mass is 171 g/mol. The highest BCUT2D eigenvalue weighted by atomic mass is 15.6. The van der Waals surface area contributed by atoms with E-state index in [1.165, 1.54) is 11.1 Å². The minimum Gasteiger partial charge on any atom is -0.192 e. The largest absolute Gasteiger partial charge is 0.192 e. The average molecular weight is 171 g/mol. The van der Waals surface area contributed by atoms with Gasteiger partial charge >= 0.3 is 0 Å². The maximum absolute atomic E-state index is 8.56. The third-order valence-corrected chi connectivity index (χ3v) is 1.58. The van der Waals surface area contributed by atoms with Crippen molar-refractivity contribution in [1.82, 2.24) is 20.2 Å². The van der Waals surface area contributed by atoms with Crippen LogP contribution in [-0.2, 0) is 0 Å². The summed E-state index contributed by atoms with van der Waals surface area (Å²) in [4.78, 5) is 1.39. The number of hydrogen-bond donors (Lipinski definition) is 0. The smallest absolute Gasteiger partial charge is 0.162 e. The molecule has 0 aliphatic heterocycles. The summed E-state index contributed by atoms with van der Waals surface area (Å²) in [5.74, 6) is 0. The summed E-state index contributed by atoms with van der Waals surface area (Å²) in [6.45, 7) is 0. The van der Waals surface area contributed by atoms with Gasteiger partial charge in [0.2, 0.25) is 0 Å². The number of hydrogen-bond acceptors (Lipinski definition) is 4. The van der Waals surface area contributed by atoms with Crippen molar-refractivity contribution < 1.29 is 0 Å². The van der Waals surface area contributed by atoms with E-state index in [1.807, 2.05) is 6.07 Å². The molecule has 5 nitrogen and oxygen atoms in total. The molecule has 5 heteroatoms. The van der Waals surface area contributed by atoms with Crippen molar-refractivity contribution in [3.63, 3.8) is 0 Å². The van der Waals surface area contributed by atoms with E-state index in [9.17, 15) is 0 Å². The van der Waals surface area contributed by atoms with Gasteiger partial charge in [-0.05, 0) is 29.5 Å². The van der Waals surface area contributed by atoms with Crippen LogP contribution in [0.5, 0.6) is 0 Å². The molecule has 1 heterocycles. The van der Waals surface area contributed by atoms with Gasteiger partial charge in [0.05, 0.1) is 17.3 Å². The Morgan fingerprint density at radius 3 is 2.54 bits per heavy atom. The van der Waals surface area contributed by atoms with Gasteiger partial charge in [0.1, 0.15) is 0 Å². The minimum atomic E-state index is 0.615. The lowest BCUT2D eigenvalue weighted by Crippen LogP contribution is -1.98. The normalized spacial score (nSPS) is 9.46. The number of aromatic nitrogens is 4. The van der Waals surface area contributed by atoms with Crippen LogP contribution in [0.25, 0.3) is 5.69 Å². The van der Waals surface area contributed by atoms with Crippen molar-refractivity contribution in [3.8, 4) is 11.8 Å². The van der Waals surface area contributed by atoms with Gasteiger partial charge in [0.25, 0.3) is 0 Å². The fourth-order valence-corrected chi connectivity index (χ4v) is 0.955. The van der Waals surface area contributed by atoms with Crippen LogP contribution in [-0.4, -0.2) is 20.2 Å². The molecular weight excluding hydrogens is 166 g/mol. The molecule has 0 amide bonds. The Hall–Kier alpha value is -2.22. The van der Waals surface area contributed by atoms with Crippen LogP contribution in [0.15, 0.2) is 30.6 Å². The maximum Gasteiger partial charge on any atom is 0.162 e. The number of nitriles is 1. The molecule has 0 saturated heterocycles. The first-order valence-corrected chi connectivity index (χ1v) is 3.63. The van der Waals surface area contributed by atoms with Crippen LogP contribution >= 0.6 is 0 Å². The first kappa shape index (κ1) is 7.43. The Labute approximate surface area is 74.2 Å². The summed E-state index contributed by atoms with van der Waals surface area (Å²) in [6, 6.07) is 8.98. The average Bonchev–Trinajstić information content (AvgIpc) is 2.71. The Morgan fingerprint density at radius 1 is 1.23 bits per heavy atom. The standard InChI is InChI=1S/C8H5N5/c9-5-7-1-3-8(4-2-7)13-11-6-10-12-13/h1-4,6H. The van der Waals surface area contributed by atoms with Crippen molar-refractivity contribution in [2.75, 3.05) is 0 Å². The summed E-state index contributed by atoms with van der Waals surface area (Å²) < 4.78 is 0. The van der Waals surface area contributed by atoms with Gasteiger partial charge in [-0.1, -0.05) is 0 Å². The molecule has 0 N–H and O–H groups in total. The van der Waals surface area contributed by atoms with Crippen LogP contribution < -0.4 is 0 Å². The van der Waals surface area contributed by atoms with E-state index in [0.717, 1.165) is 5.69 Å². The van der Waals surface area contributed by atoms with Crippen LogP contribution in [0.4, 0.5) is 0 Å². The first-order chi connectivity index (χ1) is 6.40. The molecule has 13 heavy (non-hydrogen) atoms. The van der Waals surface area contributed by atoms with Gasteiger partial charge in [-0.25, -0.2) is 0 Å². The van der Waals surface area contributed by atoms with Gasteiger partial charge in [0.15, 0.2) is 6.33 Å². The second-order valence-electron chi connectivity index (χ2n) is 2.38. The molecule has 0 aliphatic carbocycles. The summed E-state index contributed by atoms with van der Waals surface area (Å²) in [5, 5.41) is 19.7. The predicted octanol–water partition coefficient (Wildman–Crippen LogP) is 0.534. The number of benzene rings is 1. The Balaban J connectivity index is 2.40. The van der Waals surface area contributed by atoms with E-state index < -0.39 is 0 Å². The highest BCUT2D eigenvalue weighted by Crippen LogP contribution is 2.05. The number of tetrazole rings is 1. The van der Waals surface area contributed by atoms with Crippen molar-refractivity contribution in [1.29, 1.82) is 5.26 Å². The van der Waals surface area contributed by atoms with Gasteiger partial charge in [-0.2, -0.15) is 5.26 Å². The lowest BCUT2D eigenvalue weighted by atomic mass is 10.2. The molecule has 1 aromatic carbocycles. The quantitative estimate of drug-likeness (QED) is 0.627. The fourth-order valence-electron chi connectivity index (χ4n) is 0.955. The number of nitrogens with zero attached hydrogens (tertiary/aromatic N) is 5. The highest BCUT2D eigenvalue weighted by Gasteiger charge is 1.97. The summed E-state index contributed by atoms with van der Waals surface area (Å²) in [5.41, 5.74) is 1.40. The first-order valence-electron chi connectivity index (χ1n) is 3.63. The van der Waals surface area contributed by atoms with Crippen LogP contribution in [0.1, 0.15) is 5.56 Å². The van der Waals surface area contributed by atoms with E-state index in [4.69, 9.17) is 5.26 Å². The van der Waals surface area contributed by atoms with Crippen molar-refractivity contribution in [2.24, 2.45) is 0 Å².